The standard InChI is InChI=1S/C13H16BrNO3/c1-9(2)13(8-16)12(7-15(17)18)10-3-5-11(14)6-4-10/h3-6,8-9,12-13H,7H2,1-2H3/t12-,13-/m1/s1. The smallest absolute Gasteiger partial charge is 0.211 e. The van der Waals surface area contributed by atoms with Crippen molar-refractivity contribution in [3.05, 3.63) is 44.4 Å². The van der Waals surface area contributed by atoms with Crippen molar-refractivity contribution in [1.29, 1.82) is 0 Å². The molecule has 2 atom stereocenters. The zero-order valence-electron chi connectivity index (χ0n) is 10.4. The fourth-order valence-corrected chi connectivity index (χ4v) is 2.30. The van der Waals surface area contributed by atoms with E-state index in [1.807, 2.05) is 38.1 Å². The molecule has 98 valence electrons. The summed E-state index contributed by atoms with van der Waals surface area (Å²) < 4.78 is 0.915. The van der Waals surface area contributed by atoms with Gasteiger partial charge in [-0.2, -0.15) is 0 Å². The number of hydrogen-bond acceptors (Lipinski definition) is 3. The van der Waals surface area contributed by atoms with Crippen LogP contribution in [0.2, 0.25) is 0 Å². The summed E-state index contributed by atoms with van der Waals surface area (Å²) in [5, 5.41) is 10.8. The predicted molar refractivity (Wildman–Crippen MR) is 73.1 cm³/mol. The molecule has 5 heteroatoms. The Labute approximate surface area is 115 Å². The summed E-state index contributed by atoms with van der Waals surface area (Å²) in [6.45, 7) is 3.60. The molecule has 0 radical (unpaired) electrons. The molecular weight excluding hydrogens is 298 g/mol. The number of aldehydes is 1. The zero-order valence-corrected chi connectivity index (χ0v) is 12.0. The van der Waals surface area contributed by atoms with E-state index in [0.29, 0.717) is 0 Å². The van der Waals surface area contributed by atoms with Gasteiger partial charge in [0.05, 0.1) is 5.92 Å². The third-order valence-electron chi connectivity index (χ3n) is 3.04. The van der Waals surface area contributed by atoms with Crippen molar-refractivity contribution < 1.29 is 9.72 Å². The van der Waals surface area contributed by atoms with Gasteiger partial charge < -0.3 is 4.79 Å². The van der Waals surface area contributed by atoms with Gasteiger partial charge in [-0.05, 0) is 23.6 Å². The molecule has 4 nitrogen and oxygen atoms in total. The van der Waals surface area contributed by atoms with E-state index in [9.17, 15) is 14.9 Å². The fourth-order valence-electron chi connectivity index (χ4n) is 2.04. The number of rotatable bonds is 6. The van der Waals surface area contributed by atoms with Gasteiger partial charge in [0, 0.05) is 15.3 Å². The Hall–Kier alpha value is -1.23. The Balaban J connectivity index is 3.07. The van der Waals surface area contributed by atoms with Gasteiger partial charge in [0.1, 0.15) is 6.29 Å². The first kappa shape index (κ1) is 14.8. The Morgan fingerprint density at radius 2 is 1.89 bits per heavy atom. The third kappa shape index (κ3) is 3.91. The highest BCUT2D eigenvalue weighted by atomic mass is 79.9. The summed E-state index contributed by atoms with van der Waals surface area (Å²) in [6.07, 6.45) is 0.834. The number of halogens is 1. The Morgan fingerprint density at radius 3 is 2.28 bits per heavy atom. The second-order valence-electron chi connectivity index (χ2n) is 4.63. The van der Waals surface area contributed by atoms with Crippen molar-refractivity contribution in [2.45, 2.75) is 19.8 Å². The van der Waals surface area contributed by atoms with Crippen molar-refractivity contribution in [2.75, 3.05) is 6.54 Å². The third-order valence-corrected chi connectivity index (χ3v) is 3.56. The van der Waals surface area contributed by atoms with E-state index in [0.717, 1.165) is 16.3 Å². The molecule has 0 aromatic heterocycles. The monoisotopic (exact) mass is 313 g/mol. The number of nitro groups is 1. The molecule has 0 N–H and O–H groups in total. The quantitative estimate of drug-likeness (QED) is 0.460. The van der Waals surface area contributed by atoms with Crippen LogP contribution in [0.3, 0.4) is 0 Å². The van der Waals surface area contributed by atoms with Gasteiger partial charge >= 0.3 is 0 Å². The second-order valence-corrected chi connectivity index (χ2v) is 5.55. The van der Waals surface area contributed by atoms with E-state index in [2.05, 4.69) is 15.9 Å². The average molecular weight is 314 g/mol. The molecule has 0 unspecified atom stereocenters. The molecule has 18 heavy (non-hydrogen) atoms. The lowest BCUT2D eigenvalue weighted by Gasteiger charge is -2.23. The number of nitrogens with zero attached hydrogens (tertiary/aromatic N) is 1. The Morgan fingerprint density at radius 1 is 1.33 bits per heavy atom. The Bertz CT molecular complexity index is 417. The maximum atomic E-state index is 11.2. The summed E-state index contributed by atoms with van der Waals surface area (Å²) in [5.74, 6) is -0.627. The highest BCUT2D eigenvalue weighted by Gasteiger charge is 2.29. The Kier molecular flexibility index (Phi) is 5.47. The van der Waals surface area contributed by atoms with Crippen LogP contribution < -0.4 is 0 Å². The van der Waals surface area contributed by atoms with E-state index in [1.54, 1.807) is 0 Å². The minimum atomic E-state index is -0.370. The van der Waals surface area contributed by atoms with Crippen LogP contribution in [0, 0.1) is 22.0 Å². The van der Waals surface area contributed by atoms with E-state index in [1.165, 1.54) is 0 Å². The van der Waals surface area contributed by atoms with Gasteiger partial charge in [-0.15, -0.1) is 0 Å². The maximum Gasteiger partial charge on any atom is 0.211 e. The van der Waals surface area contributed by atoms with Crippen molar-refractivity contribution in [2.24, 2.45) is 11.8 Å². The first-order valence-corrected chi connectivity index (χ1v) is 6.57. The first-order chi connectivity index (χ1) is 8.45. The second kappa shape index (κ2) is 6.64. The number of carbonyl (C=O) groups excluding carboxylic acids is 1. The topological polar surface area (TPSA) is 60.2 Å². The number of carbonyl (C=O) groups is 1. The summed E-state index contributed by atoms with van der Waals surface area (Å²) in [7, 11) is 0. The van der Waals surface area contributed by atoms with Gasteiger partial charge in [-0.1, -0.05) is 41.9 Å². The molecule has 0 saturated carbocycles. The fraction of sp³-hybridized carbons (Fsp3) is 0.462. The van der Waals surface area contributed by atoms with Crippen molar-refractivity contribution >= 4 is 22.2 Å². The van der Waals surface area contributed by atoms with Crippen LogP contribution in [0.15, 0.2) is 28.7 Å². The van der Waals surface area contributed by atoms with Gasteiger partial charge in [0.2, 0.25) is 6.54 Å². The molecule has 0 spiro atoms. The molecule has 1 aromatic rings. The van der Waals surface area contributed by atoms with E-state index >= 15 is 0 Å². The first-order valence-electron chi connectivity index (χ1n) is 5.78. The molecule has 1 aromatic carbocycles. The summed E-state index contributed by atoms with van der Waals surface area (Å²) in [6, 6.07) is 7.34. The maximum absolute atomic E-state index is 11.2. The molecule has 0 bridgehead atoms. The molecular formula is C13H16BrNO3. The summed E-state index contributed by atoms with van der Waals surface area (Å²) in [4.78, 5) is 21.6. The lowest BCUT2D eigenvalue weighted by Crippen LogP contribution is -2.26. The van der Waals surface area contributed by atoms with Crippen LogP contribution in [0.25, 0.3) is 0 Å². The highest BCUT2D eigenvalue weighted by molar-refractivity contribution is 9.10. The average Bonchev–Trinajstić information content (AvgIpc) is 2.28. The van der Waals surface area contributed by atoms with E-state index < -0.39 is 0 Å². The summed E-state index contributed by atoms with van der Waals surface area (Å²) >= 11 is 3.33. The van der Waals surface area contributed by atoms with Gasteiger partial charge in [-0.25, -0.2) is 0 Å². The SMILES string of the molecule is CC(C)[C@@H](C=O)[C@H](C[N+](=O)[O-])c1ccc(Br)cc1. The minimum absolute atomic E-state index is 0.0797. The lowest BCUT2D eigenvalue weighted by molar-refractivity contribution is -0.484. The van der Waals surface area contributed by atoms with Crippen LogP contribution in [-0.4, -0.2) is 17.8 Å². The van der Waals surface area contributed by atoms with E-state index in [4.69, 9.17) is 0 Å². The normalized spacial score (nSPS) is 14.2. The molecule has 0 aliphatic carbocycles. The van der Waals surface area contributed by atoms with Crippen LogP contribution in [-0.2, 0) is 4.79 Å². The molecule has 0 fully saturated rings. The van der Waals surface area contributed by atoms with Crippen LogP contribution in [0.1, 0.15) is 25.3 Å². The molecule has 0 aliphatic rings. The van der Waals surface area contributed by atoms with Gasteiger partial charge in [-0.3, -0.25) is 10.1 Å². The molecule has 0 amide bonds. The predicted octanol–water partition coefficient (Wildman–Crippen LogP) is 3.28. The van der Waals surface area contributed by atoms with Crippen molar-refractivity contribution in [3.63, 3.8) is 0 Å². The number of hydrogen-bond donors (Lipinski definition) is 0. The zero-order chi connectivity index (χ0) is 13.7. The van der Waals surface area contributed by atoms with Crippen LogP contribution >= 0.6 is 15.9 Å². The molecule has 0 heterocycles. The lowest BCUT2D eigenvalue weighted by atomic mass is 9.80. The van der Waals surface area contributed by atoms with Crippen molar-refractivity contribution in [3.8, 4) is 0 Å². The summed E-state index contributed by atoms with van der Waals surface area (Å²) in [5.41, 5.74) is 0.834. The van der Waals surface area contributed by atoms with Gasteiger partial charge in [0.15, 0.2) is 0 Å². The number of benzene rings is 1. The largest absolute Gasteiger partial charge is 0.303 e. The van der Waals surface area contributed by atoms with Gasteiger partial charge in [0.25, 0.3) is 0 Å². The minimum Gasteiger partial charge on any atom is -0.303 e. The highest BCUT2D eigenvalue weighted by Crippen LogP contribution is 2.30. The van der Waals surface area contributed by atoms with Crippen LogP contribution in [0.4, 0.5) is 0 Å². The van der Waals surface area contributed by atoms with Crippen LogP contribution in [0.5, 0.6) is 0 Å². The molecule has 1 rings (SSSR count). The van der Waals surface area contributed by atoms with E-state index in [-0.39, 0.29) is 29.2 Å². The van der Waals surface area contributed by atoms with Crippen molar-refractivity contribution in [1.82, 2.24) is 0 Å². The molecule has 0 aliphatic heterocycles. The molecule has 0 saturated heterocycles.